The minimum Gasteiger partial charge on any atom is -0.481 e. The number of hydrogen-bond acceptors (Lipinski definition) is 6. The van der Waals surface area contributed by atoms with Gasteiger partial charge in [-0.25, -0.2) is 4.98 Å². The lowest BCUT2D eigenvalue weighted by atomic mass is 9.84. The zero-order valence-corrected chi connectivity index (χ0v) is 31.9. The fraction of sp³-hybridized carbons (Fsp3) is 0.191. The van der Waals surface area contributed by atoms with Crippen molar-refractivity contribution in [2.45, 2.75) is 42.5 Å². The molecule has 0 aliphatic heterocycles. The van der Waals surface area contributed by atoms with Crippen molar-refractivity contribution in [1.82, 2.24) is 15.6 Å². The summed E-state index contributed by atoms with van der Waals surface area (Å²) in [4.78, 5) is 44.5. The third kappa shape index (κ3) is 10.5. The quantitative estimate of drug-likeness (QED) is 0.0481. The van der Waals surface area contributed by atoms with Crippen molar-refractivity contribution in [3.63, 3.8) is 0 Å². The Morgan fingerprint density at radius 3 is 1.70 bits per heavy atom. The summed E-state index contributed by atoms with van der Waals surface area (Å²) in [5.74, 6) is -0.785. The molecule has 2 atom stereocenters. The molecule has 0 spiro atoms. The number of nitrogens with zero attached hydrogens (tertiary/aromatic N) is 1. The molecule has 1 heterocycles. The van der Waals surface area contributed by atoms with Gasteiger partial charge in [-0.15, -0.1) is 11.8 Å². The molecule has 6 rings (SSSR count). The molecule has 9 heteroatoms. The third-order valence-electron chi connectivity index (χ3n) is 9.58. The van der Waals surface area contributed by atoms with E-state index in [0.717, 1.165) is 40.1 Å². The molecule has 0 aliphatic rings. The van der Waals surface area contributed by atoms with E-state index in [4.69, 9.17) is 0 Å². The molecule has 0 fully saturated rings. The highest BCUT2D eigenvalue weighted by Crippen LogP contribution is 2.48. The van der Waals surface area contributed by atoms with E-state index in [2.05, 4.69) is 57.3 Å². The van der Waals surface area contributed by atoms with Crippen molar-refractivity contribution in [3.8, 4) is 11.1 Å². The molecule has 0 saturated heterocycles. The van der Waals surface area contributed by atoms with Gasteiger partial charge in [0.2, 0.25) is 11.8 Å². The molecule has 56 heavy (non-hydrogen) atoms. The molecular formula is C47H46N4O4S. The molecule has 1 unspecified atom stereocenters. The number of benzene rings is 5. The topological polar surface area (TPSA) is 120 Å². The summed E-state index contributed by atoms with van der Waals surface area (Å²) in [6.45, 7) is 0.651. The first-order chi connectivity index (χ1) is 27.4. The Labute approximate surface area is 332 Å². The monoisotopic (exact) mass is 762 g/mol. The standard InChI is InChI=1S/C47H46N4O4S/c52-44(26-14-16-32-49-43-25-13-15-31-48-43)50-42(46(55)51-41(33-45(53)54)37-29-27-36(28-30-37)35-17-5-1-6-18-35)34-56-47(38-19-7-2-8-20-38,39-21-9-3-10-22-39)40-23-11-4-12-24-40/h1-13,15,17-25,27-31,41-42H,14,16,26,32-34H2,(H,48,49)(H,50,52)(H,51,55)(H,53,54)/t41?,42-/m1/s1. The van der Waals surface area contributed by atoms with E-state index in [9.17, 15) is 19.5 Å². The first-order valence-corrected chi connectivity index (χ1v) is 19.8. The van der Waals surface area contributed by atoms with Crippen LogP contribution in [0.3, 0.4) is 0 Å². The third-order valence-corrected chi connectivity index (χ3v) is 11.2. The van der Waals surface area contributed by atoms with Crippen LogP contribution < -0.4 is 16.0 Å². The molecule has 5 aromatic carbocycles. The van der Waals surface area contributed by atoms with Gasteiger partial charge in [0.1, 0.15) is 11.9 Å². The number of thioether (sulfide) groups is 1. The van der Waals surface area contributed by atoms with Crippen LogP contribution in [0.25, 0.3) is 11.1 Å². The van der Waals surface area contributed by atoms with E-state index in [1.54, 1.807) is 18.0 Å². The van der Waals surface area contributed by atoms with Crippen molar-refractivity contribution in [2.75, 3.05) is 17.6 Å². The molecule has 0 bridgehead atoms. The molecule has 4 N–H and O–H groups in total. The van der Waals surface area contributed by atoms with E-state index >= 15 is 0 Å². The number of aromatic nitrogens is 1. The number of carbonyl (C=O) groups is 3. The number of amides is 2. The van der Waals surface area contributed by atoms with Crippen LogP contribution in [0.2, 0.25) is 0 Å². The average Bonchev–Trinajstić information content (AvgIpc) is 3.25. The predicted octanol–water partition coefficient (Wildman–Crippen LogP) is 8.87. The maximum absolute atomic E-state index is 14.4. The summed E-state index contributed by atoms with van der Waals surface area (Å²) in [5, 5.41) is 19.3. The second-order valence-electron chi connectivity index (χ2n) is 13.5. The second kappa shape index (κ2) is 19.9. The van der Waals surface area contributed by atoms with Crippen LogP contribution >= 0.6 is 11.8 Å². The minimum absolute atomic E-state index is 0.199. The van der Waals surface area contributed by atoms with E-state index in [-0.39, 0.29) is 24.5 Å². The lowest BCUT2D eigenvalue weighted by molar-refractivity contribution is -0.138. The summed E-state index contributed by atoms with van der Waals surface area (Å²) < 4.78 is -0.738. The Kier molecular flexibility index (Phi) is 14.1. The lowest BCUT2D eigenvalue weighted by Crippen LogP contribution is -2.50. The number of carbonyl (C=O) groups excluding carboxylic acids is 2. The van der Waals surface area contributed by atoms with E-state index in [0.29, 0.717) is 18.5 Å². The van der Waals surface area contributed by atoms with Gasteiger partial charge in [-0.3, -0.25) is 14.4 Å². The number of anilines is 1. The summed E-state index contributed by atoms with van der Waals surface area (Å²) in [5.41, 5.74) is 5.74. The van der Waals surface area contributed by atoms with Gasteiger partial charge in [0.15, 0.2) is 0 Å². The largest absolute Gasteiger partial charge is 0.481 e. The maximum atomic E-state index is 14.4. The van der Waals surface area contributed by atoms with Gasteiger partial charge in [-0.2, -0.15) is 0 Å². The Bertz CT molecular complexity index is 2030. The van der Waals surface area contributed by atoms with E-state index in [1.807, 2.05) is 127 Å². The SMILES string of the molecule is O=C(O)CC(NC(=O)[C@@H](CSC(c1ccccc1)(c1ccccc1)c1ccccc1)NC(=O)CCCCNc1ccccn1)c1ccc(-c2ccccc2)cc1. The Morgan fingerprint density at radius 2 is 1.16 bits per heavy atom. The fourth-order valence-corrected chi connectivity index (χ4v) is 8.32. The molecule has 0 radical (unpaired) electrons. The normalized spacial score (nSPS) is 12.2. The summed E-state index contributed by atoms with van der Waals surface area (Å²) in [7, 11) is 0. The van der Waals surface area contributed by atoms with Crippen LogP contribution in [-0.2, 0) is 19.1 Å². The Morgan fingerprint density at radius 1 is 0.625 bits per heavy atom. The van der Waals surface area contributed by atoms with Crippen molar-refractivity contribution in [2.24, 2.45) is 0 Å². The van der Waals surface area contributed by atoms with Gasteiger partial charge in [-0.05, 0) is 58.4 Å². The molecule has 8 nitrogen and oxygen atoms in total. The molecule has 284 valence electrons. The molecule has 0 saturated carbocycles. The molecule has 1 aromatic heterocycles. The van der Waals surface area contributed by atoms with Gasteiger partial charge in [0.25, 0.3) is 0 Å². The highest BCUT2D eigenvalue weighted by Gasteiger charge is 2.39. The van der Waals surface area contributed by atoms with Crippen LogP contribution in [0, 0.1) is 0 Å². The summed E-state index contributed by atoms with van der Waals surface area (Å²) in [6.07, 6.45) is 2.95. The summed E-state index contributed by atoms with van der Waals surface area (Å²) >= 11 is 1.56. The van der Waals surface area contributed by atoms with Crippen LogP contribution in [0.1, 0.15) is 54.0 Å². The number of carboxylic acid groups (broad SMARTS) is 1. The smallest absolute Gasteiger partial charge is 0.305 e. The summed E-state index contributed by atoms with van der Waals surface area (Å²) in [6, 6.07) is 51.8. The number of pyridine rings is 1. The predicted molar refractivity (Wildman–Crippen MR) is 225 cm³/mol. The van der Waals surface area contributed by atoms with Crippen LogP contribution in [-0.4, -0.2) is 46.2 Å². The van der Waals surface area contributed by atoms with Crippen LogP contribution in [0.5, 0.6) is 0 Å². The number of carboxylic acids is 1. The van der Waals surface area contributed by atoms with Crippen molar-refractivity contribution in [3.05, 3.63) is 192 Å². The molecule has 2 amide bonds. The van der Waals surface area contributed by atoms with Gasteiger partial charge >= 0.3 is 5.97 Å². The minimum atomic E-state index is -1.05. The average molecular weight is 763 g/mol. The number of nitrogens with one attached hydrogen (secondary N) is 3. The van der Waals surface area contributed by atoms with Gasteiger partial charge in [0, 0.05) is 24.9 Å². The van der Waals surface area contributed by atoms with E-state index < -0.39 is 28.7 Å². The van der Waals surface area contributed by atoms with Crippen LogP contribution in [0.4, 0.5) is 5.82 Å². The van der Waals surface area contributed by atoms with Crippen molar-refractivity contribution < 1.29 is 19.5 Å². The highest BCUT2D eigenvalue weighted by atomic mass is 32.2. The molecule has 6 aromatic rings. The Hall–Kier alpha value is -6.19. The fourth-order valence-electron chi connectivity index (χ4n) is 6.76. The number of hydrogen-bond donors (Lipinski definition) is 4. The lowest BCUT2D eigenvalue weighted by Gasteiger charge is -2.36. The first-order valence-electron chi connectivity index (χ1n) is 18.8. The molecule has 0 aliphatic carbocycles. The van der Waals surface area contributed by atoms with Gasteiger partial charge < -0.3 is 21.1 Å². The zero-order chi connectivity index (χ0) is 39.0. The number of aliphatic carboxylic acids is 1. The maximum Gasteiger partial charge on any atom is 0.305 e. The van der Waals surface area contributed by atoms with E-state index in [1.165, 1.54) is 0 Å². The highest BCUT2D eigenvalue weighted by molar-refractivity contribution is 8.00. The zero-order valence-electron chi connectivity index (χ0n) is 31.1. The molecular weight excluding hydrogens is 717 g/mol. The number of unbranched alkanes of at least 4 members (excludes halogenated alkanes) is 1. The Balaban J connectivity index is 1.27. The van der Waals surface area contributed by atoms with Crippen molar-refractivity contribution in [1.29, 1.82) is 0 Å². The van der Waals surface area contributed by atoms with Gasteiger partial charge in [0.05, 0.1) is 17.2 Å². The second-order valence-corrected chi connectivity index (χ2v) is 14.7. The first kappa shape index (κ1) is 39.5. The van der Waals surface area contributed by atoms with Gasteiger partial charge in [-0.1, -0.05) is 152 Å². The van der Waals surface area contributed by atoms with Crippen LogP contribution in [0.15, 0.2) is 170 Å². The number of rotatable bonds is 19. The van der Waals surface area contributed by atoms with Crippen molar-refractivity contribution >= 4 is 35.4 Å².